The van der Waals surface area contributed by atoms with E-state index in [1.165, 1.54) is 29.5 Å². The number of quaternary nitrogens is 1. The van der Waals surface area contributed by atoms with E-state index < -0.39 is 6.23 Å². The zero-order valence-corrected chi connectivity index (χ0v) is 20.1. The highest BCUT2D eigenvalue weighted by Crippen LogP contribution is 2.29. The van der Waals surface area contributed by atoms with E-state index in [1.807, 2.05) is 0 Å². The lowest BCUT2D eigenvalue weighted by Gasteiger charge is -2.43. The highest BCUT2D eigenvalue weighted by atomic mass is 127. The Morgan fingerprint density at radius 1 is 0.633 bits per heavy atom. The van der Waals surface area contributed by atoms with E-state index in [1.54, 1.807) is 0 Å². The zero-order valence-electron chi connectivity index (χ0n) is 18.0. The molecule has 0 heterocycles. The van der Waals surface area contributed by atoms with E-state index in [0.29, 0.717) is 4.48 Å². The van der Waals surface area contributed by atoms with Crippen molar-refractivity contribution in [2.75, 3.05) is 0 Å². The lowest BCUT2D eigenvalue weighted by atomic mass is 10.0. The van der Waals surface area contributed by atoms with Gasteiger partial charge in [0.2, 0.25) is 0 Å². The summed E-state index contributed by atoms with van der Waals surface area (Å²) in [4.78, 5) is 0. The fraction of sp³-hybridized carbons (Fsp3) is 0.333. The Hall–Kier alpha value is -1.69. The SMILES string of the molecule is CCCCCC(O)[N+](Cc1ccccc1)(Cc1ccccc1)Cc1ccccc1.[I-]. The number of hydrogen-bond acceptors (Lipinski definition) is 1. The first-order chi connectivity index (χ1) is 14.2. The second kappa shape index (κ2) is 12.9. The number of aliphatic hydroxyl groups is 1. The predicted octanol–water partition coefficient (Wildman–Crippen LogP) is 3.31. The first-order valence-corrected chi connectivity index (χ1v) is 10.9. The van der Waals surface area contributed by atoms with E-state index in [0.717, 1.165) is 32.5 Å². The van der Waals surface area contributed by atoms with Crippen molar-refractivity contribution in [3.63, 3.8) is 0 Å². The third-order valence-electron chi connectivity index (χ3n) is 5.72. The number of unbranched alkanes of at least 4 members (excludes halogenated alkanes) is 2. The van der Waals surface area contributed by atoms with Gasteiger partial charge in [0.15, 0.2) is 6.23 Å². The number of hydrogen-bond donors (Lipinski definition) is 1. The van der Waals surface area contributed by atoms with Crippen LogP contribution in [0, 0.1) is 0 Å². The minimum atomic E-state index is -0.401. The van der Waals surface area contributed by atoms with E-state index in [9.17, 15) is 5.11 Å². The minimum absolute atomic E-state index is 0. The van der Waals surface area contributed by atoms with Gasteiger partial charge in [-0.25, -0.2) is 0 Å². The molecule has 30 heavy (non-hydrogen) atoms. The Kier molecular flexibility index (Phi) is 10.6. The van der Waals surface area contributed by atoms with Gasteiger partial charge in [-0.05, 0) is 6.42 Å². The summed E-state index contributed by atoms with van der Waals surface area (Å²) in [7, 11) is 0. The molecule has 2 nitrogen and oxygen atoms in total. The normalized spacial score (nSPS) is 12.2. The molecule has 0 aliphatic carbocycles. The lowest BCUT2D eigenvalue weighted by molar-refractivity contribution is -1.01. The second-order valence-electron chi connectivity index (χ2n) is 8.13. The molecule has 160 valence electrons. The van der Waals surface area contributed by atoms with Crippen molar-refractivity contribution < 1.29 is 33.6 Å². The average molecular weight is 515 g/mol. The number of rotatable bonds is 11. The molecule has 0 saturated heterocycles. The van der Waals surface area contributed by atoms with Crippen LogP contribution in [0.1, 0.15) is 49.3 Å². The molecule has 3 aromatic carbocycles. The van der Waals surface area contributed by atoms with Crippen LogP contribution >= 0.6 is 0 Å². The van der Waals surface area contributed by atoms with Crippen molar-refractivity contribution in [1.29, 1.82) is 0 Å². The van der Waals surface area contributed by atoms with Crippen LogP contribution < -0.4 is 24.0 Å². The van der Waals surface area contributed by atoms with E-state index >= 15 is 0 Å². The third kappa shape index (κ3) is 7.22. The van der Waals surface area contributed by atoms with Gasteiger partial charge in [0.05, 0.1) is 0 Å². The Morgan fingerprint density at radius 2 is 1.00 bits per heavy atom. The summed E-state index contributed by atoms with van der Waals surface area (Å²) in [6.07, 6.45) is 3.83. The van der Waals surface area contributed by atoms with Crippen LogP contribution in [0.4, 0.5) is 0 Å². The fourth-order valence-electron chi connectivity index (χ4n) is 4.18. The number of halogens is 1. The quantitative estimate of drug-likeness (QED) is 0.180. The molecule has 0 bridgehead atoms. The van der Waals surface area contributed by atoms with Gasteiger partial charge < -0.3 is 29.1 Å². The summed E-state index contributed by atoms with van der Waals surface area (Å²) >= 11 is 0. The van der Waals surface area contributed by atoms with Gasteiger partial charge in [-0.15, -0.1) is 0 Å². The Balaban J connectivity index is 0.00000320. The van der Waals surface area contributed by atoms with E-state index in [2.05, 4.69) is 97.9 Å². The summed E-state index contributed by atoms with van der Waals surface area (Å²) in [5.41, 5.74) is 3.82. The van der Waals surface area contributed by atoms with Gasteiger partial charge in [-0.3, -0.25) is 4.48 Å². The molecule has 0 amide bonds. The molecule has 3 heteroatoms. The third-order valence-corrected chi connectivity index (χ3v) is 5.72. The molecule has 0 saturated carbocycles. The molecule has 3 aromatic rings. The van der Waals surface area contributed by atoms with Gasteiger partial charge in [-0.1, -0.05) is 111 Å². The van der Waals surface area contributed by atoms with Crippen molar-refractivity contribution in [2.45, 2.75) is 58.5 Å². The first kappa shape index (κ1) is 24.6. The number of nitrogens with zero attached hydrogens (tertiary/aromatic N) is 1. The number of aliphatic hydroxyl groups excluding tert-OH is 1. The predicted molar refractivity (Wildman–Crippen MR) is 121 cm³/mol. The van der Waals surface area contributed by atoms with Crippen molar-refractivity contribution in [3.8, 4) is 0 Å². The largest absolute Gasteiger partial charge is 1.00 e. The second-order valence-corrected chi connectivity index (χ2v) is 8.13. The molecule has 1 unspecified atom stereocenters. The highest BCUT2D eigenvalue weighted by molar-refractivity contribution is 5.17. The smallest absolute Gasteiger partial charge is 0.191 e. The van der Waals surface area contributed by atoms with Crippen LogP contribution in [-0.4, -0.2) is 15.8 Å². The molecular formula is C27H34INO. The van der Waals surface area contributed by atoms with Crippen LogP contribution in [0.15, 0.2) is 91.0 Å². The van der Waals surface area contributed by atoms with Gasteiger partial charge in [-0.2, -0.15) is 0 Å². The van der Waals surface area contributed by atoms with Gasteiger partial charge in [0.25, 0.3) is 0 Å². The maximum atomic E-state index is 11.5. The van der Waals surface area contributed by atoms with Gasteiger partial charge >= 0.3 is 0 Å². The average Bonchev–Trinajstić information content (AvgIpc) is 2.76. The molecule has 1 atom stereocenters. The topological polar surface area (TPSA) is 20.2 Å². The minimum Gasteiger partial charge on any atom is -1.00 e. The van der Waals surface area contributed by atoms with Crippen molar-refractivity contribution in [2.24, 2.45) is 0 Å². The summed E-state index contributed by atoms with van der Waals surface area (Å²) in [6, 6.07) is 31.8. The molecule has 0 radical (unpaired) electrons. The monoisotopic (exact) mass is 515 g/mol. The van der Waals surface area contributed by atoms with E-state index in [4.69, 9.17) is 0 Å². The molecule has 3 rings (SSSR count). The standard InChI is InChI=1S/C27H34NO.HI/c1-2-3-7-20-27(29)28(21-24-14-8-4-9-15-24,22-25-16-10-5-11-17-25)23-26-18-12-6-13-19-26;/h4-6,8-19,27,29H,2-3,7,20-23H2,1H3;1H/q+1;/p-1. The van der Waals surface area contributed by atoms with E-state index in [-0.39, 0.29) is 24.0 Å². The molecule has 1 N–H and O–H groups in total. The van der Waals surface area contributed by atoms with Gasteiger partial charge in [0, 0.05) is 23.1 Å². The van der Waals surface area contributed by atoms with Crippen LogP contribution in [0.5, 0.6) is 0 Å². The van der Waals surface area contributed by atoms with Gasteiger partial charge in [0.1, 0.15) is 19.6 Å². The van der Waals surface area contributed by atoms with Crippen LogP contribution in [0.25, 0.3) is 0 Å². The van der Waals surface area contributed by atoms with Crippen LogP contribution in [0.2, 0.25) is 0 Å². The number of benzene rings is 3. The molecule has 0 aliphatic rings. The zero-order chi connectivity index (χ0) is 20.4. The molecule has 0 aliphatic heterocycles. The van der Waals surface area contributed by atoms with Crippen LogP contribution in [0.3, 0.4) is 0 Å². The van der Waals surface area contributed by atoms with Crippen molar-refractivity contribution >= 4 is 0 Å². The van der Waals surface area contributed by atoms with Crippen molar-refractivity contribution in [3.05, 3.63) is 108 Å². The first-order valence-electron chi connectivity index (χ1n) is 10.9. The summed E-state index contributed by atoms with van der Waals surface area (Å²) < 4.78 is 0.627. The summed E-state index contributed by atoms with van der Waals surface area (Å²) in [6.45, 7) is 4.67. The fourth-order valence-corrected chi connectivity index (χ4v) is 4.18. The maximum Gasteiger partial charge on any atom is 0.191 e. The highest BCUT2D eigenvalue weighted by Gasteiger charge is 2.36. The Labute approximate surface area is 199 Å². The lowest BCUT2D eigenvalue weighted by Crippen LogP contribution is -3.00. The molecular weight excluding hydrogens is 481 g/mol. The van der Waals surface area contributed by atoms with Crippen molar-refractivity contribution in [1.82, 2.24) is 0 Å². The Bertz CT molecular complexity index is 722. The van der Waals surface area contributed by atoms with Crippen LogP contribution in [-0.2, 0) is 19.6 Å². The molecule has 0 spiro atoms. The molecule has 0 aromatic heterocycles. The Morgan fingerprint density at radius 3 is 1.33 bits per heavy atom. The summed E-state index contributed by atoms with van der Waals surface area (Å²) in [5, 5.41) is 11.5. The molecule has 0 fully saturated rings. The summed E-state index contributed by atoms with van der Waals surface area (Å²) in [5.74, 6) is 0. The maximum absolute atomic E-state index is 11.5.